The second kappa shape index (κ2) is 8.08. The van der Waals surface area contributed by atoms with E-state index in [4.69, 9.17) is 5.73 Å². The zero-order valence-electron chi connectivity index (χ0n) is 12.0. The molecule has 5 heteroatoms. The number of likely N-dealkylation sites (N-methyl/N-ethyl adjacent to an activating group) is 1. The van der Waals surface area contributed by atoms with Crippen molar-refractivity contribution in [3.63, 3.8) is 0 Å². The quantitative estimate of drug-likeness (QED) is 0.859. The van der Waals surface area contributed by atoms with Crippen LogP contribution in [0.4, 0.5) is 0 Å². The van der Waals surface area contributed by atoms with E-state index in [2.05, 4.69) is 4.90 Å². The molecule has 0 aromatic rings. The molecule has 2 aliphatic rings. The van der Waals surface area contributed by atoms with Gasteiger partial charge in [0.1, 0.15) is 0 Å². The molecule has 2 fully saturated rings. The summed E-state index contributed by atoms with van der Waals surface area (Å²) in [6.07, 6.45) is 8.47. The molecule has 1 heterocycles. The van der Waals surface area contributed by atoms with Crippen molar-refractivity contribution in [2.45, 2.75) is 57.0 Å². The fourth-order valence-corrected chi connectivity index (χ4v) is 3.21. The van der Waals surface area contributed by atoms with E-state index >= 15 is 0 Å². The normalized spacial score (nSPS) is 25.7. The number of likely N-dealkylation sites (tertiary alicyclic amines) is 1. The third kappa shape index (κ3) is 4.93. The smallest absolute Gasteiger partial charge is 0.236 e. The van der Waals surface area contributed by atoms with Crippen molar-refractivity contribution in [2.24, 2.45) is 5.73 Å². The Morgan fingerprint density at radius 2 is 1.89 bits per heavy atom. The predicted octanol–water partition coefficient (Wildman–Crippen LogP) is 1.62. The van der Waals surface area contributed by atoms with Crippen LogP contribution in [0.1, 0.15) is 44.9 Å². The van der Waals surface area contributed by atoms with Crippen LogP contribution in [0.5, 0.6) is 0 Å². The van der Waals surface area contributed by atoms with Gasteiger partial charge in [0.05, 0.1) is 6.54 Å². The molecule has 1 saturated heterocycles. The van der Waals surface area contributed by atoms with Crippen LogP contribution in [0.2, 0.25) is 0 Å². The maximum Gasteiger partial charge on any atom is 0.236 e. The molecule has 1 amide bonds. The Labute approximate surface area is 123 Å². The Hall–Kier alpha value is -0.320. The molecule has 1 unspecified atom stereocenters. The van der Waals surface area contributed by atoms with Gasteiger partial charge in [-0.25, -0.2) is 0 Å². The van der Waals surface area contributed by atoms with Crippen LogP contribution in [0.3, 0.4) is 0 Å². The van der Waals surface area contributed by atoms with E-state index in [-0.39, 0.29) is 24.4 Å². The number of hydrogen-bond acceptors (Lipinski definition) is 3. The van der Waals surface area contributed by atoms with Gasteiger partial charge in [0, 0.05) is 25.7 Å². The highest BCUT2D eigenvalue weighted by atomic mass is 35.5. The van der Waals surface area contributed by atoms with Gasteiger partial charge < -0.3 is 10.6 Å². The van der Waals surface area contributed by atoms with Crippen LogP contribution in [-0.2, 0) is 4.79 Å². The zero-order valence-corrected chi connectivity index (χ0v) is 12.8. The summed E-state index contributed by atoms with van der Waals surface area (Å²) in [5, 5.41) is 0. The molecule has 19 heavy (non-hydrogen) atoms. The van der Waals surface area contributed by atoms with Gasteiger partial charge in [-0.05, 0) is 32.2 Å². The van der Waals surface area contributed by atoms with Gasteiger partial charge in [-0.1, -0.05) is 19.3 Å². The lowest BCUT2D eigenvalue weighted by Crippen LogP contribution is -2.49. The number of carbonyl (C=O) groups excluding carboxylic acids is 1. The minimum Gasteiger partial charge on any atom is -0.342 e. The van der Waals surface area contributed by atoms with Crippen molar-refractivity contribution < 1.29 is 4.79 Å². The van der Waals surface area contributed by atoms with E-state index < -0.39 is 0 Å². The third-order valence-corrected chi connectivity index (χ3v) is 4.42. The van der Waals surface area contributed by atoms with Crippen molar-refractivity contribution in [3.8, 4) is 0 Å². The molecule has 0 radical (unpaired) electrons. The summed E-state index contributed by atoms with van der Waals surface area (Å²) < 4.78 is 0. The number of amides is 1. The molecule has 0 spiro atoms. The molecule has 2 rings (SSSR count). The number of halogens is 1. The number of nitrogens with zero attached hydrogens (tertiary/aromatic N) is 2. The molecule has 1 aliphatic carbocycles. The van der Waals surface area contributed by atoms with Gasteiger partial charge in [0.2, 0.25) is 5.91 Å². The summed E-state index contributed by atoms with van der Waals surface area (Å²) >= 11 is 0. The van der Waals surface area contributed by atoms with Gasteiger partial charge in [0.25, 0.3) is 0 Å². The molecule has 1 aliphatic heterocycles. The van der Waals surface area contributed by atoms with Gasteiger partial charge in [-0.3, -0.25) is 9.69 Å². The van der Waals surface area contributed by atoms with Gasteiger partial charge >= 0.3 is 0 Å². The Kier molecular flexibility index (Phi) is 7.11. The molecule has 112 valence electrons. The summed E-state index contributed by atoms with van der Waals surface area (Å²) in [6.45, 7) is 2.46. The van der Waals surface area contributed by atoms with E-state index in [1.54, 1.807) is 0 Å². The summed E-state index contributed by atoms with van der Waals surface area (Å²) in [4.78, 5) is 16.5. The number of rotatable bonds is 3. The largest absolute Gasteiger partial charge is 0.342 e. The Bertz CT molecular complexity index is 282. The lowest BCUT2D eigenvalue weighted by atomic mass is 9.94. The van der Waals surface area contributed by atoms with Gasteiger partial charge in [0.15, 0.2) is 0 Å². The van der Waals surface area contributed by atoms with Gasteiger partial charge in [-0.15, -0.1) is 12.4 Å². The molecular weight excluding hydrogens is 262 g/mol. The summed E-state index contributed by atoms with van der Waals surface area (Å²) in [7, 11) is 1.97. The average Bonchev–Trinajstić information content (AvgIpc) is 2.39. The minimum atomic E-state index is 0. The SMILES string of the molecule is CN(C(=O)CN1CCCC(N)C1)C1CCCCC1.Cl. The minimum absolute atomic E-state index is 0. The number of nitrogens with two attached hydrogens (primary N) is 1. The monoisotopic (exact) mass is 289 g/mol. The highest BCUT2D eigenvalue weighted by Crippen LogP contribution is 2.21. The first kappa shape index (κ1) is 16.7. The highest BCUT2D eigenvalue weighted by Gasteiger charge is 2.25. The first-order chi connectivity index (χ1) is 8.66. The predicted molar refractivity (Wildman–Crippen MR) is 80.5 cm³/mol. The molecule has 0 aromatic heterocycles. The topological polar surface area (TPSA) is 49.6 Å². The highest BCUT2D eigenvalue weighted by molar-refractivity contribution is 5.85. The summed E-state index contributed by atoms with van der Waals surface area (Å²) in [5.74, 6) is 0.274. The third-order valence-electron chi connectivity index (χ3n) is 4.42. The summed E-state index contributed by atoms with van der Waals surface area (Å²) in [6, 6.07) is 0.733. The van der Waals surface area contributed by atoms with Crippen LogP contribution in [0, 0.1) is 0 Å². The van der Waals surface area contributed by atoms with Crippen molar-refractivity contribution in [2.75, 3.05) is 26.7 Å². The number of hydrogen-bond donors (Lipinski definition) is 1. The molecule has 0 aromatic carbocycles. The van der Waals surface area contributed by atoms with E-state index in [1.165, 1.54) is 32.1 Å². The molecular formula is C14H28ClN3O. The van der Waals surface area contributed by atoms with E-state index in [0.29, 0.717) is 12.6 Å². The molecule has 1 atom stereocenters. The first-order valence-electron chi connectivity index (χ1n) is 7.40. The van der Waals surface area contributed by atoms with Crippen LogP contribution in [-0.4, -0.2) is 54.5 Å². The maximum absolute atomic E-state index is 12.3. The van der Waals surface area contributed by atoms with E-state index in [9.17, 15) is 4.79 Å². The van der Waals surface area contributed by atoms with Crippen LogP contribution in [0.15, 0.2) is 0 Å². The van der Waals surface area contributed by atoms with Crippen LogP contribution >= 0.6 is 12.4 Å². The van der Waals surface area contributed by atoms with Crippen molar-refractivity contribution >= 4 is 18.3 Å². The van der Waals surface area contributed by atoms with Crippen LogP contribution < -0.4 is 5.73 Å². The molecule has 2 N–H and O–H groups in total. The van der Waals surface area contributed by atoms with Crippen LogP contribution in [0.25, 0.3) is 0 Å². The lowest BCUT2D eigenvalue weighted by Gasteiger charge is -2.35. The lowest BCUT2D eigenvalue weighted by molar-refractivity contribution is -0.134. The molecule has 4 nitrogen and oxygen atoms in total. The fraction of sp³-hybridized carbons (Fsp3) is 0.929. The maximum atomic E-state index is 12.3. The van der Waals surface area contributed by atoms with Crippen molar-refractivity contribution in [1.29, 1.82) is 0 Å². The Morgan fingerprint density at radius 1 is 1.21 bits per heavy atom. The number of piperidine rings is 1. The second-order valence-corrected chi connectivity index (χ2v) is 5.93. The van der Waals surface area contributed by atoms with E-state index in [0.717, 1.165) is 25.9 Å². The van der Waals surface area contributed by atoms with Crippen molar-refractivity contribution in [3.05, 3.63) is 0 Å². The van der Waals surface area contributed by atoms with Gasteiger partial charge in [-0.2, -0.15) is 0 Å². The van der Waals surface area contributed by atoms with E-state index in [1.807, 2.05) is 11.9 Å². The molecule has 1 saturated carbocycles. The number of carbonyl (C=O) groups is 1. The van der Waals surface area contributed by atoms with Crippen molar-refractivity contribution in [1.82, 2.24) is 9.80 Å². The second-order valence-electron chi connectivity index (χ2n) is 5.93. The Morgan fingerprint density at radius 3 is 2.53 bits per heavy atom. The zero-order chi connectivity index (χ0) is 13.0. The first-order valence-corrected chi connectivity index (χ1v) is 7.40. The molecule has 0 bridgehead atoms. The summed E-state index contributed by atoms with van der Waals surface area (Å²) in [5.41, 5.74) is 5.95. The average molecular weight is 290 g/mol. The fourth-order valence-electron chi connectivity index (χ4n) is 3.21. The Balaban J connectivity index is 0.00000180. The standard InChI is InChI=1S/C14H27N3O.ClH/c1-16(13-7-3-2-4-8-13)14(18)11-17-9-5-6-12(15)10-17;/h12-13H,2-11,15H2,1H3;1H.